The average Bonchev–Trinajstić information content (AvgIpc) is 2.55. The van der Waals surface area contributed by atoms with Crippen LogP contribution in [0.1, 0.15) is 10.4 Å². The summed E-state index contributed by atoms with van der Waals surface area (Å²) in [5.41, 5.74) is 4.26. The van der Waals surface area contributed by atoms with E-state index in [0.717, 1.165) is 5.69 Å². The highest BCUT2D eigenvalue weighted by Crippen LogP contribution is 2.12. The molecule has 0 spiro atoms. The first-order valence-electron chi connectivity index (χ1n) is 6.58. The van der Waals surface area contributed by atoms with E-state index in [-0.39, 0.29) is 11.5 Å². The molecule has 0 heterocycles. The first-order chi connectivity index (χ1) is 10.6. The lowest BCUT2D eigenvalue weighted by Gasteiger charge is -2.18. The number of nitrogens with zero attached hydrogens (tertiary/aromatic N) is 2. The summed E-state index contributed by atoms with van der Waals surface area (Å²) in [5, 5.41) is 12.3. The molecule has 0 radical (unpaired) electrons. The lowest BCUT2D eigenvalue weighted by atomic mass is 10.1. The summed E-state index contributed by atoms with van der Waals surface area (Å²) in [6.45, 7) is 0. The Balaban J connectivity index is 1.95. The Hall–Kier alpha value is -3.15. The Morgan fingerprint density at radius 1 is 1.14 bits per heavy atom. The van der Waals surface area contributed by atoms with Gasteiger partial charge in [-0.2, -0.15) is 0 Å². The van der Waals surface area contributed by atoms with Crippen LogP contribution in [-0.4, -0.2) is 17.8 Å². The molecule has 112 valence electrons. The van der Waals surface area contributed by atoms with Gasteiger partial charge in [-0.05, 0) is 24.3 Å². The van der Waals surface area contributed by atoms with Gasteiger partial charge in [-0.15, -0.1) is 0 Å². The number of anilines is 1. The standard InChI is InChI=1S/C16H15N3O3/c1-18(14-5-3-2-4-6-14)17-12-11-16(20)13-7-9-15(10-8-13)19(21)22/h2-12,17H,1H3/b12-11-. The number of allylic oxidation sites excluding steroid dienone is 1. The molecule has 2 aromatic rings. The molecule has 0 aliphatic carbocycles. The number of nitrogens with one attached hydrogen (secondary N) is 1. The highest BCUT2D eigenvalue weighted by atomic mass is 16.6. The molecule has 22 heavy (non-hydrogen) atoms. The van der Waals surface area contributed by atoms with Crippen LogP contribution in [-0.2, 0) is 0 Å². The molecule has 0 bridgehead atoms. The number of hydrogen-bond acceptors (Lipinski definition) is 5. The number of nitro groups is 1. The number of non-ortho nitro benzene ring substituents is 1. The summed E-state index contributed by atoms with van der Waals surface area (Å²) < 4.78 is 0. The van der Waals surface area contributed by atoms with Crippen molar-refractivity contribution in [3.05, 3.63) is 82.6 Å². The zero-order valence-electron chi connectivity index (χ0n) is 12.0. The molecule has 0 fully saturated rings. The number of hydrazine groups is 1. The summed E-state index contributed by atoms with van der Waals surface area (Å²) in [6, 6.07) is 15.1. The zero-order valence-corrected chi connectivity index (χ0v) is 12.0. The van der Waals surface area contributed by atoms with Crippen LogP contribution in [0.25, 0.3) is 0 Å². The minimum absolute atomic E-state index is 0.0394. The number of ketones is 1. The molecular formula is C16H15N3O3. The van der Waals surface area contributed by atoms with E-state index in [1.807, 2.05) is 37.4 Å². The van der Waals surface area contributed by atoms with Gasteiger partial charge in [-0.25, -0.2) is 0 Å². The molecule has 0 saturated carbocycles. The molecule has 0 aliphatic heterocycles. The van der Waals surface area contributed by atoms with Gasteiger partial charge in [0.15, 0.2) is 5.78 Å². The van der Waals surface area contributed by atoms with Crippen molar-refractivity contribution in [3.8, 4) is 0 Å². The topological polar surface area (TPSA) is 75.5 Å². The van der Waals surface area contributed by atoms with Crippen molar-refractivity contribution < 1.29 is 9.72 Å². The van der Waals surface area contributed by atoms with Crippen molar-refractivity contribution in [2.24, 2.45) is 0 Å². The number of carbonyl (C=O) groups excluding carboxylic acids is 1. The third-order valence-electron chi connectivity index (χ3n) is 3.01. The van der Waals surface area contributed by atoms with Crippen LogP contribution in [0.2, 0.25) is 0 Å². The molecule has 0 atom stereocenters. The Kier molecular flexibility index (Phi) is 4.87. The molecule has 0 unspecified atom stereocenters. The maximum absolute atomic E-state index is 11.9. The highest BCUT2D eigenvalue weighted by Gasteiger charge is 2.07. The summed E-state index contributed by atoms with van der Waals surface area (Å²) in [5.74, 6) is -0.233. The van der Waals surface area contributed by atoms with Gasteiger partial charge in [0.1, 0.15) is 0 Å². The van der Waals surface area contributed by atoms with Crippen LogP contribution in [0.3, 0.4) is 0 Å². The van der Waals surface area contributed by atoms with Gasteiger partial charge in [0.2, 0.25) is 0 Å². The Bertz CT molecular complexity index is 682. The molecule has 6 nitrogen and oxygen atoms in total. The van der Waals surface area contributed by atoms with E-state index >= 15 is 0 Å². The van der Waals surface area contributed by atoms with Crippen LogP contribution in [0.15, 0.2) is 66.9 Å². The van der Waals surface area contributed by atoms with Gasteiger partial charge in [0.25, 0.3) is 5.69 Å². The molecule has 0 saturated heterocycles. The minimum Gasteiger partial charge on any atom is -0.306 e. The van der Waals surface area contributed by atoms with Crippen molar-refractivity contribution in [1.29, 1.82) is 0 Å². The van der Waals surface area contributed by atoms with Crippen LogP contribution in [0.5, 0.6) is 0 Å². The van der Waals surface area contributed by atoms with Crippen molar-refractivity contribution in [2.75, 3.05) is 12.1 Å². The second kappa shape index (κ2) is 7.03. The quantitative estimate of drug-likeness (QED) is 0.384. The first-order valence-corrected chi connectivity index (χ1v) is 6.58. The zero-order chi connectivity index (χ0) is 15.9. The fourth-order valence-corrected chi connectivity index (χ4v) is 1.79. The lowest BCUT2D eigenvalue weighted by molar-refractivity contribution is -0.384. The highest BCUT2D eigenvalue weighted by molar-refractivity contribution is 6.04. The van der Waals surface area contributed by atoms with Gasteiger partial charge in [0.05, 0.1) is 10.6 Å². The largest absolute Gasteiger partial charge is 0.306 e. The summed E-state index contributed by atoms with van der Waals surface area (Å²) in [7, 11) is 1.83. The molecule has 2 aromatic carbocycles. The predicted molar refractivity (Wildman–Crippen MR) is 84.5 cm³/mol. The smallest absolute Gasteiger partial charge is 0.269 e. The van der Waals surface area contributed by atoms with Crippen molar-refractivity contribution >= 4 is 17.2 Å². The SMILES string of the molecule is CN(N/C=C\C(=O)c1ccc([N+](=O)[O-])cc1)c1ccccc1. The van der Waals surface area contributed by atoms with Crippen LogP contribution >= 0.6 is 0 Å². The van der Waals surface area contributed by atoms with E-state index in [0.29, 0.717) is 5.56 Å². The molecular weight excluding hydrogens is 282 g/mol. The summed E-state index contributed by atoms with van der Waals surface area (Å²) >= 11 is 0. The molecule has 2 rings (SSSR count). The summed E-state index contributed by atoms with van der Waals surface area (Å²) in [4.78, 5) is 22.0. The van der Waals surface area contributed by atoms with E-state index < -0.39 is 4.92 Å². The van der Waals surface area contributed by atoms with Gasteiger partial charge >= 0.3 is 0 Å². The van der Waals surface area contributed by atoms with Crippen LogP contribution < -0.4 is 10.4 Å². The fraction of sp³-hybridized carbons (Fsp3) is 0.0625. The van der Waals surface area contributed by atoms with Gasteiger partial charge < -0.3 is 5.43 Å². The Morgan fingerprint density at radius 2 is 1.77 bits per heavy atom. The maximum atomic E-state index is 11.9. The van der Waals surface area contributed by atoms with Crippen molar-refractivity contribution in [1.82, 2.24) is 5.43 Å². The first kappa shape index (κ1) is 15.2. The van der Waals surface area contributed by atoms with Crippen molar-refractivity contribution in [3.63, 3.8) is 0 Å². The molecule has 0 amide bonds. The fourth-order valence-electron chi connectivity index (χ4n) is 1.79. The molecule has 1 N–H and O–H groups in total. The third kappa shape index (κ3) is 3.92. The van der Waals surface area contributed by atoms with E-state index in [9.17, 15) is 14.9 Å². The third-order valence-corrected chi connectivity index (χ3v) is 3.01. The Labute approximate surface area is 127 Å². The van der Waals surface area contributed by atoms with Gasteiger partial charge in [-0.1, -0.05) is 18.2 Å². The number of carbonyl (C=O) groups is 1. The number of nitro benzene ring substituents is 1. The second-order valence-electron chi connectivity index (χ2n) is 4.53. The predicted octanol–water partition coefficient (Wildman–Crippen LogP) is 2.93. The number of para-hydroxylation sites is 1. The van der Waals surface area contributed by atoms with Crippen molar-refractivity contribution in [2.45, 2.75) is 0 Å². The molecule has 0 aliphatic rings. The monoisotopic (exact) mass is 297 g/mol. The molecule has 6 heteroatoms. The van der Waals surface area contributed by atoms with E-state index in [1.54, 1.807) is 5.01 Å². The van der Waals surface area contributed by atoms with Crippen LogP contribution in [0, 0.1) is 10.1 Å². The Morgan fingerprint density at radius 3 is 2.36 bits per heavy atom. The normalized spacial score (nSPS) is 10.4. The van der Waals surface area contributed by atoms with Crippen LogP contribution in [0.4, 0.5) is 11.4 Å². The average molecular weight is 297 g/mol. The second-order valence-corrected chi connectivity index (χ2v) is 4.53. The minimum atomic E-state index is -0.500. The van der Waals surface area contributed by atoms with Gasteiger partial charge in [0, 0.05) is 37.0 Å². The molecule has 0 aromatic heterocycles. The van der Waals surface area contributed by atoms with E-state index in [4.69, 9.17) is 0 Å². The number of rotatable bonds is 6. The van der Waals surface area contributed by atoms with E-state index in [1.165, 1.54) is 36.5 Å². The summed E-state index contributed by atoms with van der Waals surface area (Å²) in [6.07, 6.45) is 2.90. The number of hydrogen-bond donors (Lipinski definition) is 1. The lowest BCUT2D eigenvalue weighted by Crippen LogP contribution is -2.29. The van der Waals surface area contributed by atoms with E-state index in [2.05, 4.69) is 5.43 Å². The number of benzene rings is 2. The van der Waals surface area contributed by atoms with Gasteiger partial charge in [-0.3, -0.25) is 19.9 Å². The maximum Gasteiger partial charge on any atom is 0.269 e.